The zero-order chi connectivity index (χ0) is 17.9. The Kier molecular flexibility index (Phi) is 6.21. The third-order valence-corrected chi connectivity index (χ3v) is 4.76. The van der Waals surface area contributed by atoms with E-state index in [9.17, 15) is 13.6 Å². The van der Waals surface area contributed by atoms with Gasteiger partial charge in [0.15, 0.2) is 0 Å². The number of hydrogen-bond donors (Lipinski definition) is 1. The molecule has 0 aromatic carbocycles. The summed E-state index contributed by atoms with van der Waals surface area (Å²) in [7, 11) is 0. The summed E-state index contributed by atoms with van der Waals surface area (Å²) in [6, 6.07) is 0. The molecule has 130 valence electrons. The Morgan fingerprint density at radius 1 is 1.46 bits per heavy atom. The number of nitrogens with one attached hydrogen (secondary N) is 1. The Morgan fingerprint density at radius 3 is 2.75 bits per heavy atom. The lowest BCUT2D eigenvalue weighted by Gasteiger charge is -2.03. The van der Waals surface area contributed by atoms with Gasteiger partial charge in [-0.3, -0.25) is 14.2 Å². The lowest BCUT2D eigenvalue weighted by molar-refractivity contribution is -0.121. The van der Waals surface area contributed by atoms with Crippen LogP contribution in [0.5, 0.6) is 0 Å². The number of carbonyl (C=O) groups is 1. The van der Waals surface area contributed by atoms with Gasteiger partial charge in [0.2, 0.25) is 0 Å². The predicted molar refractivity (Wildman–Crippen MR) is 91.0 cm³/mol. The van der Waals surface area contributed by atoms with Gasteiger partial charge in [-0.2, -0.15) is 15.3 Å². The molecular formula is C13H14Br2F2N6O. The second-order valence-electron chi connectivity index (χ2n) is 4.73. The average molecular weight is 468 g/mol. The Hall–Kier alpha value is -1.62. The first-order valence-electron chi connectivity index (χ1n) is 6.89. The van der Waals surface area contributed by atoms with Crippen LogP contribution in [0.3, 0.4) is 0 Å². The second-order valence-corrected chi connectivity index (χ2v) is 6.38. The fourth-order valence-corrected chi connectivity index (χ4v) is 2.79. The highest BCUT2D eigenvalue weighted by molar-refractivity contribution is 9.10. The van der Waals surface area contributed by atoms with E-state index in [2.05, 4.69) is 52.6 Å². The third-order valence-electron chi connectivity index (χ3n) is 3.17. The summed E-state index contributed by atoms with van der Waals surface area (Å²) in [6.07, 6.45) is 0.366. The molecular weight excluding hydrogens is 454 g/mol. The zero-order valence-electron chi connectivity index (χ0n) is 12.8. The summed E-state index contributed by atoms with van der Waals surface area (Å²) >= 11 is 6.39. The number of hydrazone groups is 1. The standard InChI is InChI=1S/C13H14Br2F2N6O/c1-3-22-9(8(14)4-19-22)5-18-20-10(24)6-23-7(2)11(15)12(21-23)13(16)17/h4-5,13H,3,6H2,1-2H3,(H,20,24)/b18-5+. The number of aryl methyl sites for hydroxylation is 1. The monoisotopic (exact) mass is 466 g/mol. The number of halogens is 4. The molecule has 2 heterocycles. The van der Waals surface area contributed by atoms with Gasteiger partial charge in [-0.25, -0.2) is 14.2 Å². The van der Waals surface area contributed by atoms with E-state index in [4.69, 9.17) is 0 Å². The number of nitrogens with zero attached hydrogens (tertiary/aromatic N) is 5. The van der Waals surface area contributed by atoms with Gasteiger partial charge in [-0.05, 0) is 45.7 Å². The summed E-state index contributed by atoms with van der Waals surface area (Å²) < 4.78 is 29.4. The molecule has 2 aromatic rings. The maximum absolute atomic E-state index is 12.8. The van der Waals surface area contributed by atoms with Crippen LogP contribution in [0.15, 0.2) is 20.2 Å². The van der Waals surface area contributed by atoms with Crippen LogP contribution in [0.25, 0.3) is 0 Å². The van der Waals surface area contributed by atoms with Crippen LogP contribution in [-0.4, -0.2) is 31.7 Å². The first kappa shape index (κ1) is 18.7. The first-order valence-corrected chi connectivity index (χ1v) is 8.47. The minimum Gasteiger partial charge on any atom is -0.271 e. The molecule has 0 saturated carbocycles. The Balaban J connectivity index is 2.03. The Bertz CT molecular complexity index is 771. The fraction of sp³-hybridized carbons (Fsp3) is 0.385. The smallest absolute Gasteiger partial charge is 0.271 e. The predicted octanol–water partition coefficient (Wildman–Crippen LogP) is 3.02. The van der Waals surface area contributed by atoms with Crippen molar-refractivity contribution in [3.05, 3.63) is 32.2 Å². The quantitative estimate of drug-likeness (QED) is 0.524. The summed E-state index contributed by atoms with van der Waals surface area (Å²) in [4.78, 5) is 11.9. The lowest BCUT2D eigenvalue weighted by Crippen LogP contribution is -2.24. The van der Waals surface area contributed by atoms with E-state index in [-0.39, 0.29) is 16.7 Å². The van der Waals surface area contributed by atoms with Crippen molar-refractivity contribution in [2.75, 3.05) is 0 Å². The summed E-state index contributed by atoms with van der Waals surface area (Å²) in [5, 5.41) is 11.7. The lowest BCUT2D eigenvalue weighted by atomic mass is 10.4. The summed E-state index contributed by atoms with van der Waals surface area (Å²) in [6.45, 7) is 3.95. The maximum Gasteiger partial charge on any atom is 0.283 e. The van der Waals surface area contributed by atoms with E-state index in [1.54, 1.807) is 17.8 Å². The third kappa shape index (κ3) is 4.07. The molecule has 0 atom stereocenters. The molecule has 24 heavy (non-hydrogen) atoms. The molecule has 0 radical (unpaired) electrons. The van der Waals surface area contributed by atoms with Gasteiger partial charge >= 0.3 is 0 Å². The second kappa shape index (κ2) is 7.97. The van der Waals surface area contributed by atoms with Crippen molar-refractivity contribution in [3.8, 4) is 0 Å². The number of hydrogen-bond acceptors (Lipinski definition) is 4. The van der Waals surface area contributed by atoms with Crippen molar-refractivity contribution in [2.24, 2.45) is 5.10 Å². The van der Waals surface area contributed by atoms with Gasteiger partial charge in [0, 0.05) is 6.54 Å². The molecule has 7 nitrogen and oxygen atoms in total. The van der Waals surface area contributed by atoms with Crippen LogP contribution in [0, 0.1) is 6.92 Å². The van der Waals surface area contributed by atoms with Crippen LogP contribution in [0.4, 0.5) is 8.78 Å². The molecule has 0 aliphatic rings. The first-order chi connectivity index (χ1) is 11.3. The van der Waals surface area contributed by atoms with E-state index in [1.807, 2.05) is 6.92 Å². The van der Waals surface area contributed by atoms with Crippen LogP contribution in [-0.2, 0) is 17.9 Å². The van der Waals surface area contributed by atoms with Crippen molar-refractivity contribution >= 4 is 44.0 Å². The molecule has 1 amide bonds. The van der Waals surface area contributed by atoms with E-state index in [0.717, 1.165) is 4.47 Å². The fourth-order valence-electron chi connectivity index (χ4n) is 1.93. The van der Waals surface area contributed by atoms with Crippen molar-refractivity contribution < 1.29 is 13.6 Å². The van der Waals surface area contributed by atoms with Crippen molar-refractivity contribution in [1.29, 1.82) is 0 Å². The number of alkyl halides is 2. The molecule has 0 bridgehead atoms. The van der Waals surface area contributed by atoms with E-state index < -0.39 is 12.3 Å². The highest BCUT2D eigenvalue weighted by Gasteiger charge is 2.21. The molecule has 0 fully saturated rings. The molecule has 11 heteroatoms. The van der Waals surface area contributed by atoms with Gasteiger partial charge in [-0.15, -0.1) is 0 Å². The van der Waals surface area contributed by atoms with E-state index >= 15 is 0 Å². The molecule has 0 unspecified atom stereocenters. The molecule has 2 aromatic heterocycles. The molecule has 2 rings (SSSR count). The van der Waals surface area contributed by atoms with Crippen molar-refractivity contribution in [1.82, 2.24) is 25.0 Å². The number of amides is 1. The SMILES string of the molecule is CCn1ncc(Br)c1/C=N/NC(=O)Cn1nc(C(F)F)c(Br)c1C. The van der Waals surface area contributed by atoms with Crippen molar-refractivity contribution in [3.63, 3.8) is 0 Å². The topological polar surface area (TPSA) is 77.1 Å². The van der Waals surface area contributed by atoms with Crippen LogP contribution in [0.1, 0.15) is 30.4 Å². The average Bonchev–Trinajstić information content (AvgIpc) is 3.02. The molecule has 0 saturated heterocycles. The number of rotatable bonds is 6. The number of carbonyl (C=O) groups excluding carboxylic acids is 1. The zero-order valence-corrected chi connectivity index (χ0v) is 16.0. The molecule has 0 aliphatic carbocycles. The normalized spacial score (nSPS) is 11.6. The molecule has 0 spiro atoms. The van der Waals surface area contributed by atoms with E-state index in [1.165, 1.54) is 10.9 Å². The summed E-state index contributed by atoms with van der Waals surface area (Å²) in [5.74, 6) is -0.483. The largest absolute Gasteiger partial charge is 0.283 e. The van der Waals surface area contributed by atoms with Crippen LogP contribution in [0.2, 0.25) is 0 Å². The minimum atomic E-state index is -2.72. The van der Waals surface area contributed by atoms with Gasteiger partial charge in [-0.1, -0.05) is 0 Å². The highest BCUT2D eigenvalue weighted by atomic mass is 79.9. The van der Waals surface area contributed by atoms with Crippen LogP contribution < -0.4 is 5.43 Å². The van der Waals surface area contributed by atoms with Gasteiger partial charge in [0.25, 0.3) is 12.3 Å². The van der Waals surface area contributed by atoms with Crippen molar-refractivity contribution in [2.45, 2.75) is 33.4 Å². The number of aromatic nitrogens is 4. The highest BCUT2D eigenvalue weighted by Crippen LogP contribution is 2.28. The minimum absolute atomic E-state index is 0.199. The van der Waals surface area contributed by atoms with E-state index in [0.29, 0.717) is 17.9 Å². The Labute approximate surface area is 153 Å². The van der Waals surface area contributed by atoms with Gasteiger partial charge in [0.1, 0.15) is 12.2 Å². The molecule has 0 aliphatic heterocycles. The summed E-state index contributed by atoms with van der Waals surface area (Å²) in [5.41, 5.74) is 3.09. The van der Waals surface area contributed by atoms with Gasteiger partial charge in [0.05, 0.1) is 32.7 Å². The molecule has 1 N–H and O–H groups in total. The Morgan fingerprint density at radius 2 is 2.17 bits per heavy atom. The van der Waals surface area contributed by atoms with Crippen LogP contribution >= 0.6 is 31.9 Å². The maximum atomic E-state index is 12.8. The van der Waals surface area contributed by atoms with Gasteiger partial charge < -0.3 is 0 Å².